The van der Waals surface area contributed by atoms with E-state index in [0.717, 1.165) is 13.0 Å². The molecular formula is C13H18FN2O15P3. The highest BCUT2D eigenvalue weighted by atomic mass is 31.3. The van der Waals surface area contributed by atoms with Gasteiger partial charge in [-0.2, -0.15) is 8.62 Å². The average molecular weight is 556 g/mol. The molecule has 34 heavy (non-hydrogen) atoms. The number of H-pyrrole nitrogens is 1. The minimum Gasteiger partial charge on any atom is -0.386 e. The lowest BCUT2D eigenvalue weighted by molar-refractivity contribution is -0.0772. The molecule has 17 nitrogen and oxygen atoms in total. The van der Waals surface area contributed by atoms with E-state index in [1.807, 2.05) is 5.92 Å². The van der Waals surface area contributed by atoms with Gasteiger partial charge in [0.25, 0.3) is 5.56 Å². The van der Waals surface area contributed by atoms with E-state index in [1.54, 1.807) is 10.9 Å². The number of aromatic amines is 1. The zero-order chi connectivity index (χ0) is 27.9. The van der Waals surface area contributed by atoms with Crippen molar-refractivity contribution in [2.24, 2.45) is 0 Å². The van der Waals surface area contributed by atoms with Crippen LogP contribution in [0.25, 0.3) is 0 Å². The molecule has 0 amide bonds. The van der Waals surface area contributed by atoms with Crippen LogP contribution in [0, 0.1) is 18.8 Å². The van der Waals surface area contributed by atoms with E-state index < -0.39 is 72.0 Å². The van der Waals surface area contributed by atoms with Crippen LogP contribution in [0.5, 0.6) is 0 Å². The lowest BCUT2D eigenvalue weighted by Gasteiger charge is -2.27. The van der Waals surface area contributed by atoms with E-state index in [1.165, 1.54) is 0 Å². The number of aliphatic hydroxyl groups is 2. The highest BCUT2D eigenvalue weighted by Gasteiger charge is 2.57. The highest BCUT2D eigenvalue weighted by Crippen LogP contribution is 2.66. The first-order valence-electron chi connectivity index (χ1n) is 9.43. The van der Waals surface area contributed by atoms with E-state index in [-0.39, 0.29) is 5.69 Å². The van der Waals surface area contributed by atoms with Crippen LogP contribution in [0.15, 0.2) is 15.7 Å². The quantitative estimate of drug-likeness (QED) is 0.137. The van der Waals surface area contributed by atoms with Gasteiger partial charge in [0, 0.05) is 11.8 Å². The summed E-state index contributed by atoms with van der Waals surface area (Å²) >= 11 is 0. The van der Waals surface area contributed by atoms with Crippen molar-refractivity contribution >= 4 is 23.5 Å². The first kappa shape index (κ1) is 25.5. The summed E-state index contributed by atoms with van der Waals surface area (Å²) in [5.74, 6) is 3.57. The van der Waals surface area contributed by atoms with Crippen LogP contribution in [0.1, 0.15) is 14.7 Å². The fraction of sp³-hybridized carbons (Fsp3) is 0.538. The summed E-state index contributed by atoms with van der Waals surface area (Å²) in [6, 6.07) is 0.828. The second-order valence-corrected chi connectivity index (χ2v) is 10.7. The molecule has 0 bridgehead atoms. The number of nitrogens with one attached hydrogen (secondary N) is 1. The van der Waals surface area contributed by atoms with Crippen LogP contribution < -0.4 is 11.2 Å². The normalized spacial score (nSPS) is 29.8. The molecule has 2 rings (SSSR count). The number of hydrogen-bond acceptors (Lipinski definition) is 11. The monoisotopic (exact) mass is 556 g/mol. The Labute approximate surface area is 191 Å². The molecule has 1 aromatic heterocycles. The molecule has 0 radical (unpaired) electrons. The molecule has 6 atom stereocenters. The van der Waals surface area contributed by atoms with Crippen LogP contribution in [-0.4, -0.2) is 70.4 Å². The van der Waals surface area contributed by atoms with Crippen molar-refractivity contribution in [3.05, 3.63) is 32.6 Å². The molecule has 0 aromatic carbocycles. The second-order valence-electron chi connectivity index (χ2n) is 6.36. The maximum absolute atomic E-state index is 12.7. The van der Waals surface area contributed by atoms with Crippen LogP contribution in [0.4, 0.5) is 4.39 Å². The molecule has 1 saturated heterocycles. The molecule has 2 heterocycles. The predicted molar refractivity (Wildman–Crippen MR) is 104 cm³/mol. The summed E-state index contributed by atoms with van der Waals surface area (Å²) < 4.78 is 79.2. The summed E-state index contributed by atoms with van der Waals surface area (Å²) in [4.78, 5) is 61.5. The predicted octanol–water partition coefficient (Wildman–Crippen LogP) is -1.85. The molecule has 1 aliphatic rings. The zero-order valence-corrected chi connectivity index (χ0v) is 19.2. The van der Waals surface area contributed by atoms with Crippen LogP contribution >= 0.6 is 23.5 Å². The summed E-state index contributed by atoms with van der Waals surface area (Å²) in [5.41, 5.74) is -5.40. The Hall–Kier alpha value is -1.54. The molecule has 21 heteroatoms. The van der Waals surface area contributed by atoms with E-state index in [9.17, 15) is 47.7 Å². The number of phosphoric acid groups is 3. The molecule has 7 N–H and O–H groups in total. The van der Waals surface area contributed by atoms with Gasteiger partial charge < -0.3 is 34.5 Å². The standard InChI is InChI=1S/C13H18FN2O15P3/c1-7-5-9(17)15-12(19)16(7)11-13(20,3-2-4-14)10(18)8(29-11)6-28-33(24,25)31-34(26,27)30-32(21,22)23/h5,8,10-11,18,20H,4,6H2,1H3,(H,24,25)(H,26,27)(H,15,17,19)(H2,21,22,23)/t8-,10+,11-,13?/m1/s1/i6D2. The third kappa shape index (κ3) is 7.00. The van der Waals surface area contributed by atoms with Crippen LogP contribution in [0.3, 0.4) is 0 Å². The summed E-state index contributed by atoms with van der Waals surface area (Å²) in [6.07, 6.45) is -7.37. The fourth-order valence-electron chi connectivity index (χ4n) is 2.68. The molecule has 0 aliphatic carbocycles. The van der Waals surface area contributed by atoms with Crippen molar-refractivity contribution < 1.29 is 68.5 Å². The van der Waals surface area contributed by atoms with Crippen molar-refractivity contribution in [2.45, 2.75) is 31.0 Å². The average Bonchev–Trinajstić information content (AvgIpc) is 2.88. The van der Waals surface area contributed by atoms with Gasteiger partial charge in [0.1, 0.15) is 18.9 Å². The van der Waals surface area contributed by atoms with Gasteiger partial charge >= 0.3 is 29.2 Å². The lowest BCUT2D eigenvalue weighted by Crippen LogP contribution is -2.49. The molecular weight excluding hydrogens is 536 g/mol. The first-order chi connectivity index (χ1) is 16.1. The molecule has 1 aromatic rings. The Bertz CT molecular complexity index is 1330. The first-order valence-corrected chi connectivity index (χ1v) is 13.0. The number of aliphatic hydroxyl groups excluding tert-OH is 1. The number of phosphoric ester groups is 1. The zero-order valence-electron chi connectivity index (χ0n) is 18.5. The smallest absolute Gasteiger partial charge is 0.386 e. The second kappa shape index (κ2) is 10.2. The molecule has 1 fully saturated rings. The van der Waals surface area contributed by atoms with Gasteiger partial charge in [0.05, 0.1) is 9.30 Å². The topological polar surface area (TPSA) is 264 Å². The minimum absolute atomic E-state index is 0.226. The number of alkyl halides is 1. The highest BCUT2D eigenvalue weighted by molar-refractivity contribution is 7.66. The summed E-state index contributed by atoms with van der Waals surface area (Å²) in [5, 5.41) is 21.5. The van der Waals surface area contributed by atoms with Crippen LogP contribution in [-0.2, 0) is 31.6 Å². The summed E-state index contributed by atoms with van der Waals surface area (Å²) in [7, 11) is -17.9. The van der Waals surface area contributed by atoms with Crippen molar-refractivity contribution in [2.75, 3.05) is 13.2 Å². The number of hydrogen-bond donors (Lipinski definition) is 7. The Kier molecular flexibility index (Phi) is 7.67. The van der Waals surface area contributed by atoms with Gasteiger partial charge in [0.2, 0.25) is 0 Å². The molecule has 0 spiro atoms. The van der Waals surface area contributed by atoms with Crippen LogP contribution in [0.2, 0.25) is 0 Å². The van der Waals surface area contributed by atoms with Gasteiger partial charge in [-0.05, 0) is 6.92 Å². The number of aromatic nitrogens is 2. The van der Waals surface area contributed by atoms with Gasteiger partial charge in [0.15, 0.2) is 11.8 Å². The molecule has 1 aliphatic heterocycles. The Morgan fingerprint density at radius 2 is 1.88 bits per heavy atom. The van der Waals surface area contributed by atoms with Gasteiger partial charge in [-0.15, -0.1) is 0 Å². The minimum atomic E-state index is -6.12. The van der Waals surface area contributed by atoms with Gasteiger partial charge in [-0.1, -0.05) is 11.8 Å². The third-order valence-electron chi connectivity index (χ3n) is 3.85. The van der Waals surface area contributed by atoms with Gasteiger partial charge in [-0.3, -0.25) is 18.9 Å². The number of rotatable bonds is 8. The maximum atomic E-state index is 12.7. The van der Waals surface area contributed by atoms with Crippen molar-refractivity contribution in [3.8, 4) is 11.8 Å². The Balaban J connectivity index is 2.49. The fourth-order valence-corrected chi connectivity index (χ4v) is 5.56. The van der Waals surface area contributed by atoms with E-state index >= 15 is 0 Å². The van der Waals surface area contributed by atoms with Crippen molar-refractivity contribution in [3.63, 3.8) is 0 Å². The summed E-state index contributed by atoms with van der Waals surface area (Å²) in [6.45, 7) is -4.02. The third-order valence-corrected chi connectivity index (χ3v) is 7.51. The van der Waals surface area contributed by atoms with E-state index in [0.29, 0.717) is 4.57 Å². The Morgan fingerprint density at radius 3 is 2.41 bits per heavy atom. The van der Waals surface area contributed by atoms with E-state index in [4.69, 9.17) is 17.3 Å². The van der Waals surface area contributed by atoms with Crippen molar-refractivity contribution in [1.29, 1.82) is 0 Å². The molecule has 0 saturated carbocycles. The van der Waals surface area contributed by atoms with Gasteiger partial charge in [-0.25, -0.2) is 22.9 Å². The molecule has 3 unspecified atom stereocenters. The number of aryl methyl sites for hydroxylation is 1. The SMILES string of the molecule is [2H]C([2H])(OP(=O)(O)OP(=O)(O)OP(=O)(O)O)[C@H]1O[C@@H](n2c(C)cc(=O)[nH]c2=O)C(O)(C#CCF)[C@H]1O. The van der Waals surface area contributed by atoms with Crippen molar-refractivity contribution in [1.82, 2.24) is 9.55 Å². The Morgan fingerprint density at radius 1 is 1.26 bits per heavy atom. The number of ether oxygens (including phenoxy) is 1. The largest absolute Gasteiger partial charge is 0.490 e. The maximum Gasteiger partial charge on any atom is 0.490 e. The number of nitrogens with zero attached hydrogens (tertiary/aromatic N) is 1. The lowest BCUT2D eigenvalue weighted by atomic mass is 9.94. The molecule has 192 valence electrons. The van der Waals surface area contributed by atoms with E-state index in [2.05, 4.69) is 13.1 Å². The number of halogens is 1.